The normalized spacial score (nSPS) is 19.1. The molecule has 0 N–H and O–H groups in total. The number of anilines is 2. The smallest absolute Gasteiger partial charge is 1.00 e. The van der Waals surface area contributed by atoms with Crippen LogP contribution in [0, 0.1) is 12.2 Å². The number of halogens is 2. The second-order valence-corrected chi connectivity index (χ2v) is 13.0. The minimum atomic E-state index is 0. The largest absolute Gasteiger partial charge is 1.00 e. The van der Waals surface area contributed by atoms with Gasteiger partial charge in [-0.05, 0) is 49.9 Å². The van der Waals surface area contributed by atoms with Gasteiger partial charge in [0.05, 0.1) is 0 Å². The van der Waals surface area contributed by atoms with Crippen LogP contribution in [-0.2, 0) is 24.2 Å². The third kappa shape index (κ3) is 8.46. The van der Waals surface area contributed by atoms with Crippen LogP contribution in [0.5, 0.6) is 0 Å². The fourth-order valence-electron chi connectivity index (χ4n) is 5.40. The van der Waals surface area contributed by atoms with E-state index in [1.165, 1.54) is 48.3 Å². The molecule has 220 valence electrons. The first-order valence-electron chi connectivity index (χ1n) is 14.7. The molecule has 2 nitrogen and oxygen atoms in total. The van der Waals surface area contributed by atoms with Gasteiger partial charge in [0, 0.05) is 23.5 Å². The number of rotatable bonds is 6. The molecule has 0 spiro atoms. The summed E-state index contributed by atoms with van der Waals surface area (Å²) in [4.78, 5) is 4.87. The molecule has 2 aromatic rings. The van der Waals surface area contributed by atoms with Gasteiger partial charge in [0.25, 0.3) is 0 Å². The molecule has 0 bridgehead atoms. The zero-order valence-corrected chi connectivity index (χ0v) is 29.7. The average molecular weight is 677 g/mol. The quantitative estimate of drug-likeness (QED) is 0.434. The molecule has 5 heteroatoms. The first-order chi connectivity index (χ1) is 19.4. The molecule has 2 aliphatic carbocycles. The Balaban J connectivity index is 0.000000250. The van der Waals surface area contributed by atoms with Crippen LogP contribution in [0.3, 0.4) is 0 Å². The summed E-state index contributed by atoms with van der Waals surface area (Å²) in [6.07, 6.45) is 20.6. The summed E-state index contributed by atoms with van der Waals surface area (Å²) >= 11 is 1.55. The van der Waals surface area contributed by atoms with E-state index in [1.54, 1.807) is 24.2 Å². The number of hydrogen-bond acceptors (Lipinski definition) is 2. The molecular weight excluding hydrogens is 635 g/mol. The minimum Gasteiger partial charge on any atom is -1.00 e. The van der Waals surface area contributed by atoms with Crippen molar-refractivity contribution in [2.75, 3.05) is 9.80 Å². The zero-order chi connectivity index (χ0) is 28.6. The molecule has 0 saturated carbocycles. The predicted molar refractivity (Wildman–Crippen MR) is 169 cm³/mol. The summed E-state index contributed by atoms with van der Waals surface area (Å²) in [5, 5.41) is 0. The first-order valence-corrected chi connectivity index (χ1v) is 16.0. The summed E-state index contributed by atoms with van der Waals surface area (Å²) in [5.74, 6) is 0. The summed E-state index contributed by atoms with van der Waals surface area (Å²) in [6, 6.07) is 22.2. The summed E-state index contributed by atoms with van der Waals surface area (Å²) < 4.78 is 1.51. The van der Waals surface area contributed by atoms with Crippen LogP contribution in [0.25, 0.3) is 0 Å². The summed E-state index contributed by atoms with van der Waals surface area (Å²) in [7, 11) is 0. The van der Waals surface area contributed by atoms with Crippen molar-refractivity contribution in [3.8, 4) is 0 Å². The Bertz CT molecular complexity index is 1280. The van der Waals surface area contributed by atoms with E-state index in [2.05, 4.69) is 148 Å². The van der Waals surface area contributed by atoms with Crippen LogP contribution in [0.15, 0.2) is 119 Å². The molecule has 0 radical (unpaired) electrons. The van der Waals surface area contributed by atoms with Gasteiger partial charge < -0.3 is 34.6 Å². The molecule has 0 aromatic heterocycles. The maximum absolute atomic E-state index is 3.51. The van der Waals surface area contributed by atoms with E-state index in [1.807, 2.05) is 0 Å². The van der Waals surface area contributed by atoms with Crippen LogP contribution >= 0.6 is 0 Å². The van der Waals surface area contributed by atoms with Crippen LogP contribution in [0.2, 0.25) is 0 Å². The molecule has 0 fully saturated rings. The van der Waals surface area contributed by atoms with Gasteiger partial charge >= 0.3 is 41.3 Å². The molecule has 2 aromatic carbocycles. The minimum absolute atomic E-state index is 0. The molecule has 2 heterocycles. The maximum atomic E-state index is 3.51. The molecular formula is C37H42Cl2N2Zr-2. The van der Waals surface area contributed by atoms with Gasteiger partial charge in [-0.2, -0.15) is 0 Å². The van der Waals surface area contributed by atoms with Gasteiger partial charge in [-0.25, -0.2) is 0 Å². The van der Waals surface area contributed by atoms with Crippen molar-refractivity contribution < 1.29 is 49.0 Å². The number of hydrogen-bond donors (Lipinski definition) is 0. The monoisotopic (exact) mass is 674 g/mol. The van der Waals surface area contributed by atoms with E-state index < -0.39 is 0 Å². The van der Waals surface area contributed by atoms with Crippen LogP contribution in [0.1, 0.15) is 67.2 Å². The van der Waals surface area contributed by atoms with Gasteiger partial charge in [0.2, 0.25) is 0 Å². The zero-order valence-electron chi connectivity index (χ0n) is 25.7. The molecule has 0 amide bonds. The Kier molecular flexibility index (Phi) is 14.7. The Labute approximate surface area is 281 Å². The van der Waals surface area contributed by atoms with Crippen molar-refractivity contribution in [2.24, 2.45) is 0 Å². The summed E-state index contributed by atoms with van der Waals surface area (Å²) in [5.41, 5.74) is 10.4. The van der Waals surface area contributed by atoms with Crippen molar-refractivity contribution in [1.82, 2.24) is 0 Å². The molecule has 2 unspecified atom stereocenters. The van der Waals surface area contributed by atoms with Crippen molar-refractivity contribution in [2.45, 2.75) is 79.3 Å². The third-order valence-electron chi connectivity index (χ3n) is 7.33. The fraction of sp³-hybridized carbons (Fsp3) is 0.324. The fourth-order valence-corrected chi connectivity index (χ4v) is 5.40. The Morgan fingerprint density at radius 1 is 0.643 bits per heavy atom. The topological polar surface area (TPSA) is 6.48 Å². The van der Waals surface area contributed by atoms with Gasteiger partial charge in [-0.1, -0.05) is 75.5 Å². The Morgan fingerprint density at radius 2 is 0.976 bits per heavy atom. The number of nitrogens with zero attached hydrogens (tertiary/aromatic N) is 2. The van der Waals surface area contributed by atoms with Crippen LogP contribution < -0.4 is 34.6 Å². The second kappa shape index (κ2) is 17.2. The summed E-state index contributed by atoms with van der Waals surface area (Å²) in [6.45, 7) is 13.1. The van der Waals surface area contributed by atoms with Crippen molar-refractivity contribution in [1.29, 1.82) is 0 Å². The number of fused-ring (bicyclic) bond motifs is 2. The first kappa shape index (κ1) is 36.0. The van der Waals surface area contributed by atoms with E-state index in [0.29, 0.717) is 12.1 Å². The second-order valence-electron chi connectivity index (χ2n) is 10.6. The number of para-hydroxylation sites is 2. The van der Waals surface area contributed by atoms with Crippen molar-refractivity contribution >= 4 is 14.6 Å². The van der Waals surface area contributed by atoms with Gasteiger partial charge in [0.1, 0.15) is 0 Å². The molecule has 4 aliphatic rings. The van der Waals surface area contributed by atoms with Crippen LogP contribution in [-0.4, -0.2) is 15.3 Å². The number of benzene rings is 2. The van der Waals surface area contributed by atoms with Gasteiger partial charge in [-0.15, -0.1) is 58.7 Å². The molecule has 42 heavy (non-hydrogen) atoms. The van der Waals surface area contributed by atoms with E-state index in [9.17, 15) is 0 Å². The average Bonchev–Trinajstić information content (AvgIpc) is 3.72. The van der Waals surface area contributed by atoms with Gasteiger partial charge in [0.15, 0.2) is 0 Å². The van der Waals surface area contributed by atoms with E-state index in [4.69, 9.17) is 0 Å². The van der Waals surface area contributed by atoms with Crippen LogP contribution in [0.4, 0.5) is 11.4 Å². The van der Waals surface area contributed by atoms with Crippen molar-refractivity contribution in [3.05, 3.63) is 131 Å². The molecule has 2 atom stereocenters. The van der Waals surface area contributed by atoms with E-state index in [-0.39, 0.29) is 24.8 Å². The molecule has 0 saturated heterocycles. The number of allylic oxidation sites excluding steroid dienone is 6. The van der Waals surface area contributed by atoms with E-state index in [0.717, 1.165) is 25.7 Å². The molecule has 6 rings (SSSR count). The van der Waals surface area contributed by atoms with E-state index >= 15 is 0 Å². The maximum Gasteiger partial charge on any atom is -1.00 e. The third-order valence-corrected chi connectivity index (χ3v) is 7.33. The SMILES string of the molecule is CCC1=[C-]C2=CC(CC)N(c3ccccc3)C2=C1.CCC1=[C-]C2=CC(CC)N(c3ccccc3)C2=C1.C[C](C)=[Zr+2].[Cl-].[Cl-]. The van der Waals surface area contributed by atoms with Crippen molar-refractivity contribution in [3.63, 3.8) is 0 Å². The van der Waals surface area contributed by atoms with Gasteiger partial charge in [-0.3, -0.25) is 0 Å². The molecule has 2 aliphatic heterocycles. The predicted octanol–water partition coefficient (Wildman–Crippen LogP) is 3.25. The Hall–Kier alpha value is -2.19. The Morgan fingerprint density at radius 3 is 1.26 bits per heavy atom. The standard InChI is InChI=1S/2C17H18N.C3H6.2ClH.Zr/c2*1-3-13-10-14-12-15(4-2)18(17(14)11-13)16-8-6-5-7-9-16;1-3-2;;;/h2*5-9,11-12,15H,3-4H2,1-2H3;1-2H3;2*1H;/q2*-1;;;;+2/p-2.